The molecule has 0 aromatic heterocycles. The molecular weight excluding hydrogens is 232 g/mol. The van der Waals surface area contributed by atoms with Crippen LogP contribution in [0.25, 0.3) is 0 Å². The number of benzene rings is 1. The molecule has 1 atom stereocenters. The summed E-state index contributed by atoms with van der Waals surface area (Å²) in [5.74, 6) is -0.411. The van der Waals surface area contributed by atoms with Crippen molar-refractivity contribution in [3.05, 3.63) is 35.4 Å². The van der Waals surface area contributed by atoms with E-state index in [4.69, 9.17) is 4.74 Å². The molecule has 1 fully saturated rings. The van der Waals surface area contributed by atoms with Gasteiger partial charge in [-0.3, -0.25) is 14.5 Å². The number of ether oxygens (including phenoxy) is 1. The SMILES string of the molecule is O=C1c2ccccc2C(=O)N1CC1COCCN1. The van der Waals surface area contributed by atoms with E-state index in [0.29, 0.717) is 30.9 Å². The third-order valence-corrected chi connectivity index (χ3v) is 3.28. The Kier molecular flexibility index (Phi) is 2.85. The molecule has 1 aromatic rings. The molecule has 18 heavy (non-hydrogen) atoms. The van der Waals surface area contributed by atoms with E-state index in [2.05, 4.69) is 5.32 Å². The maximum absolute atomic E-state index is 12.1. The summed E-state index contributed by atoms with van der Waals surface area (Å²) in [4.78, 5) is 25.5. The van der Waals surface area contributed by atoms with Crippen LogP contribution in [-0.4, -0.2) is 49.1 Å². The molecule has 1 N–H and O–H groups in total. The number of carbonyl (C=O) groups excluding carboxylic acids is 2. The molecule has 1 unspecified atom stereocenters. The molecule has 1 saturated heterocycles. The zero-order valence-electron chi connectivity index (χ0n) is 9.89. The number of rotatable bonds is 2. The summed E-state index contributed by atoms with van der Waals surface area (Å²) in [7, 11) is 0. The molecule has 2 aliphatic heterocycles. The first-order chi connectivity index (χ1) is 8.77. The Hall–Kier alpha value is -1.72. The topological polar surface area (TPSA) is 58.6 Å². The average molecular weight is 246 g/mol. The van der Waals surface area contributed by atoms with Gasteiger partial charge in [0.05, 0.1) is 24.3 Å². The lowest BCUT2D eigenvalue weighted by Gasteiger charge is -2.27. The number of amides is 2. The molecule has 3 rings (SSSR count). The summed E-state index contributed by atoms with van der Waals surface area (Å²) in [6.07, 6.45) is 0. The van der Waals surface area contributed by atoms with Gasteiger partial charge in [-0.05, 0) is 12.1 Å². The first-order valence-corrected chi connectivity index (χ1v) is 6.04. The molecule has 0 radical (unpaired) electrons. The summed E-state index contributed by atoms with van der Waals surface area (Å²) in [5, 5.41) is 3.24. The standard InChI is InChI=1S/C13H14N2O3/c16-12-10-3-1-2-4-11(10)13(17)15(12)7-9-8-18-6-5-14-9/h1-4,9,14H,5-8H2. The van der Waals surface area contributed by atoms with E-state index in [1.807, 2.05) is 0 Å². The van der Waals surface area contributed by atoms with Crippen LogP contribution < -0.4 is 5.32 Å². The van der Waals surface area contributed by atoms with Crippen molar-refractivity contribution in [1.82, 2.24) is 10.2 Å². The molecular formula is C13H14N2O3. The van der Waals surface area contributed by atoms with Crippen LogP contribution in [0.1, 0.15) is 20.7 Å². The first kappa shape index (κ1) is 11.4. The molecule has 0 aliphatic carbocycles. The van der Waals surface area contributed by atoms with E-state index in [-0.39, 0.29) is 17.9 Å². The second-order valence-corrected chi connectivity index (χ2v) is 4.49. The van der Waals surface area contributed by atoms with Gasteiger partial charge in [-0.25, -0.2) is 0 Å². The van der Waals surface area contributed by atoms with Gasteiger partial charge in [-0.15, -0.1) is 0 Å². The van der Waals surface area contributed by atoms with Crippen molar-refractivity contribution >= 4 is 11.8 Å². The number of imide groups is 1. The van der Waals surface area contributed by atoms with E-state index in [1.165, 1.54) is 4.90 Å². The predicted octanol–water partition coefficient (Wildman–Crippen LogP) is 0.271. The van der Waals surface area contributed by atoms with Crippen LogP contribution in [0.4, 0.5) is 0 Å². The Morgan fingerprint density at radius 3 is 2.44 bits per heavy atom. The molecule has 0 bridgehead atoms. The van der Waals surface area contributed by atoms with E-state index in [0.717, 1.165) is 6.54 Å². The Morgan fingerprint density at radius 2 is 1.89 bits per heavy atom. The molecule has 2 amide bonds. The number of hydrogen-bond donors (Lipinski definition) is 1. The van der Waals surface area contributed by atoms with Crippen LogP contribution in [0.2, 0.25) is 0 Å². The lowest BCUT2D eigenvalue weighted by molar-refractivity contribution is 0.0486. The minimum absolute atomic E-state index is 0.0287. The third-order valence-electron chi connectivity index (χ3n) is 3.28. The van der Waals surface area contributed by atoms with Crippen LogP contribution in [0.5, 0.6) is 0 Å². The number of morpholine rings is 1. The quantitative estimate of drug-likeness (QED) is 0.761. The smallest absolute Gasteiger partial charge is 0.261 e. The highest BCUT2D eigenvalue weighted by Gasteiger charge is 2.36. The van der Waals surface area contributed by atoms with Gasteiger partial charge in [0.15, 0.2) is 0 Å². The van der Waals surface area contributed by atoms with Crippen molar-refractivity contribution < 1.29 is 14.3 Å². The fourth-order valence-electron chi connectivity index (χ4n) is 2.36. The minimum atomic E-state index is -0.206. The van der Waals surface area contributed by atoms with Crippen molar-refractivity contribution in [2.24, 2.45) is 0 Å². The third kappa shape index (κ3) is 1.81. The lowest BCUT2D eigenvalue weighted by atomic mass is 10.1. The molecule has 5 heteroatoms. The molecule has 0 saturated carbocycles. The maximum Gasteiger partial charge on any atom is 0.261 e. The van der Waals surface area contributed by atoms with Crippen LogP contribution in [-0.2, 0) is 4.74 Å². The zero-order chi connectivity index (χ0) is 12.5. The number of fused-ring (bicyclic) bond motifs is 1. The first-order valence-electron chi connectivity index (χ1n) is 6.04. The Bertz CT molecular complexity index is 460. The highest BCUT2D eigenvalue weighted by Crippen LogP contribution is 2.22. The average Bonchev–Trinajstić information content (AvgIpc) is 2.66. The lowest BCUT2D eigenvalue weighted by Crippen LogP contribution is -2.49. The molecule has 1 aromatic carbocycles. The normalized spacial score (nSPS) is 23.3. The van der Waals surface area contributed by atoms with Gasteiger partial charge >= 0.3 is 0 Å². The zero-order valence-corrected chi connectivity index (χ0v) is 9.89. The Balaban J connectivity index is 1.79. The van der Waals surface area contributed by atoms with Crippen LogP contribution in [0, 0.1) is 0 Å². The van der Waals surface area contributed by atoms with Gasteiger partial charge in [-0.1, -0.05) is 12.1 Å². The number of hydrogen-bond acceptors (Lipinski definition) is 4. The summed E-state index contributed by atoms with van der Waals surface area (Å²) in [5.41, 5.74) is 0.999. The van der Waals surface area contributed by atoms with Crippen LogP contribution >= 0.6 is 0 Å². The molecule has 2 aliphatic rings. The van der Waals surface area contributed by atoms with Gasteiger partial charge in [0.2, 0.25) is 0 Å². The second-order valence-electron chi connectivity index (χ2n) is 4.49. The number of nitrogens with zero attached hydrogens (tertiary/aromatic N) is 1. The second kappa shape index (κ2) is 4.51. The summed E-state index contributed by atoms with van der Waals surface area (Å²) < 4.78 is 5.33. The summed E-state index contributed by atoms with van der Waals surface area (Å²) >= 11 is 0. The monoisotopic (exact) mass is 246 g/mol. The summed E-state index contributed by atoms with van der Waals surface area (Å²) in [6.45, 7) is 2.34. The van der Waals surface area contributed by atoms with Crippen molar-refractivity contribution in [1.29, 1.82) is 0 Å². The fraction of sp³-hybridized carbons (Fsp3) is 0.385. The Labute approximate surface area is 105 Å². The van der Waals surface area contributed by atoms with Crippen molar-refractivity contribution in [3.8, 4) is 0 Å². The highest BCUT2D eigenvalue weighted by atomic mass is 16.5. The summed E-state index contributed by atoms with van der Waals surface area (Å²) in [6, 6.07) is 6.96. The van der Waals surface area contributed by atoms with Crippen molar-refractivity contribution in [2.45, 2.75) is 6.04 Å². The van der Waals surface area contributed by atoms with Crippen molar-refractivity contribution in [2.75, 3.05) is 26.3 Å². The predicted molar refractivity (Wildman–Crippen MR) is 64.4 cm³/mol. The highest BCUT2D eigenvalue weighted by molar-refractivity contribution is 6.21. The van der Waals surface area contributed by atoms with Crippen LogP contribution in [0.15, 0.2) is 24.3 Å². The maximum atomic E-state index is 12.1. The van der Waals surface area contributed by atoms with Crippen molar-refractivity contribution in [3.63, 3.8) is 0 Å². The number of carbonyl (C=O) groups is 2. The molecule has 5 nitrogen and oxygen atoms in total. The van der Waals surface area contributed by atoms with Gasteiger partial charge in [-0.2, -0.15) is 0 Å². The van der Waals surface area contributed by atoms with Gasteiger partial charge in [0, 0.05) is 19.1 Å². The molecule has 0 spiro atoms. The van der Waals surface area contributed by atoms with E-state index >= 15 is 0 Å². The van der Waals surface area contributed by atoms with E-state index in [9.17, 15) is 9.59 Å². The largest absolute Gasteiger partial charge is 0.378 e. The van der Waals surface area contributed by atoms with E-state index < -0.39 is 0 Å². The van der Waals surface area contributed by atoms with Gasteiger partial charge in [0.1, 0.15) is 0 Å². The van der Waals surface area contributed by atoms with Gasteiger partial charge < -0.3 is 10.1 Å². The number of nitrogens with one attached hydrogen (secondary N) is 1. The fourth-order valence-corrected chi connectivity index (χ4v) is 2.36. The minimum Gasteiger partial charge on any atom is -0.378 e. The Morgan fingerprint density at radius 1 is 1.22 bits per heavy atom. The van der Waals surface area contributed by atoms with Gasteiger partial charge in [0.25, 0.3) is 11.8 Å². The molecule has 94 valence electrons. The van der Waals surface area contributed by atoms with Crippen LogP contribution in [0.3, 0.4) is 0 Å². The molecule has 2 heterocycles. The van der Waals surface area contributed by atoms with E-state index in [1.54, 1.807) is 24.3 Å².